The third kappa shape index (κ3) is 1.40. The van der Waals surface area contributed by atoms with Gasteiger partial charge in [-0.2, -0.15) is 5.10 Å². The highest BCUT2D eigenvalue weighted by atomic mass is 15.2. The first kappa shape index (κ1) is 8.53. The van der Waals surface area contributed by atoms with Crippen LogP contribution in [0.2, 0.25) is 0 Å². The number of hydrogen-bond acceptors (Lipinski definition) is 2. The van der Waals surface area contributed by atoms with Crippen LogP contribution in [0.25, 0.3) is 11.1 Å². The van der Waals surface area contributed by atoms with Gasteiger partial charge in [-0.15, -0.1) is 0 Å². The Kier molecular flexibility index (Phi) is 1.78. The van der Waals surface area contributed by atoms with E-state index in [1.165, 1.54) is 22.4 Å². The molecule has 0 saturated heterocycles. The molecule has 0 aliphatic carbocycles. The molecule has 3 heteroatoms. The van der Waals surface area contributed by atoms with Crippen LogP contribution in [0.15, 0.2) is 30.6 Å². The summed E-state index contributed by atoms with van der Waals surface area (Å²) in [5.41, 5.74) is 5.14. The number of fused-ring (bicyclic) bond motifs is 1. The van der Waals surface area contributed by atoms with Crippen LogP contribution in [0.4, 0.5) is 5.69 Å². The number of hydrogen-bond donors (Lipinski definition) is 1. The van der Waals surface area contributed by atoms with Gasteiger partial charge < -0.3 is 5.32 Å². The number of nitrogens with zero attached hydrogens (tertiary/aromatic N) is 2. The molecule has 15 heavy (non-hydrogen) atoms. The van der Waals surface area contributed by atoms with Crippen LogP contribution in [0, 0.1) is 0 Å². The molecule has 1 N–H and O–H groups in total. The van der Waals surface area contributed by atoms with Gasteiger partial charge in [0.1, 0.15) is 0 Å². The Hall–Kier alpha value is -1.77. The molecule has 1 aliphatic rings. The van der Waals surface area contributed by atoms with Gasteiger partial charge in [0.25, 0.3) is 0 Å². The van der Waals surface area contributed by atoms with Gasteiger partial charge in [-0.05, 0) is 29.7 Å². The van der Waals surface area contributed by atoms with E-state index in [1.54, 1.807) is 0 Å². The summed E-state index contributed by atoms with van der Waals surface area (Å²) in [6.45, 7) is 1.06. The lowest BCUT2D eigenvalue weighted by Crippen LogP contribution is -1.90. The van der Waals surface area contributed by atoms with Crippen LogP contribution in [0.1, 0.15) is 5.56 Å². The Morgan fingerprint density at radius 3 is 3.07 bits per heavy atom. The largest absolute Gasteiger partial charge is 0.384 e. The van der Waals surface area contributed by atoms with Crippen molar-refractivity contribution >= 4 is 5.69 Å². The van der Waals surface area contributed by atoms with Gasteiger partial charge in [-0.25, -0.2) is 0 Å². The van der Waals surface area contributed by atoms with E-state index in [-0.39, 0.29) is 0 Å². The smallest absolute Gasteiger partial charge is 0.0568 e. The van der Waals surface area contributed by atoms with Gasteiger partial charge in [0.05, 0.1) is 6.20 Å². The Balaban J connectivity index is 2.06. The Bertz CT molecular complexity index is 499. The first-order valence-electron chi connectivity index (χ1n) is 5.19. The average molecular weight is 199 g/mol. The molecule has 2 heterocycles. The number of rotatable bonds is 1. The molecule has 0 unspecified atom stereocenters. The lowest BCUT2D eigenvalue weighted by atomic mass is 10.0. The highest BCUT2D eigenvalue weighted by Crippen LogP contribution is 2.27. The van der Waals surface area contributed by atoms with Crippen LogP contribution < -0.4 is 5.32 Å². The first-order valence-corrected chi connectivity index (χ1v) is 5.19. The predicted molar refractivity (Wildman–Crippen MR) is 60.8 cm³/mol. The summed E-state index contributed by atoms with van der Waals surface area (Å²) in [4.78, 5) is 0. The van der Waals surface area contributed by atoms with E-state index in [4.69, 9.17) is 0 Å². The molecule has 0 saturated carbocycles. The average Bonchev–Trinajstić information content (AvgIpc) is 2.84. The maximum absolute atomic E-state index is 4.19. The maximum Gasteiger partial charge on any atom is 0.0568 e. The summed E-state index contributed by atoms with van der Waals surface area (Å²) < 4.78 is 1.83. The van der Waals surface area contributed by atoms with Crippen molar-refractivity contribution in [3.8, 4) is 11.1 Å². The van der Waals surface area contributed by atoms with Crippen LogP contribution in [0.3, 0.4) is 0 Å². The molecule has 0 bridgehead atoms. The molecule has 76 valence electrons. The summed E-state index contributed by atoms with van der Waals surface area (Å²) in [5, 5.41) is 7.55. The van der Waals surface area contributed by atoms with E-state index >= 15 is 0 Å². The fourth-order valence-electron chi connectivity index (χ4n) is 2.05. The van der Waals surface area contributed by atoms with Crippen LogP contribution >= 0.6 is 0 Å². The van der Waals surface area contributed by atoms with E-state index in [2.05, 4.69) is 28.6 Å². The van der Waals surface area contributed by atoms with Crippen molar-refractivity contribution in [3.63, 3.8) is 0 Å². The van der Waals surface area contributed by atoms with Gasteiger partial charge in [-0.1, -0.05) is 6.07 Å². The number of nitrogens with one attached hydrogen (secondary N) is 1. The quantitative estimate of drug-likeness (QED) is 0.761. The number of anilines is 1. The van der Waals surface area contributed by atoms with E-state index < -0.39 is 0 Å². The number of aryl methyl sites for hydroxylation is 1. The molecular weight excluding hydrogens is 186 g/mol. The minimum absolute atomic E-state index is 1.06. The maximum atomic E-state index is 4.19. The minimum Gasteiger partial charge on any atom is -0.384 e. The molecule has 1 aromatic heterocycles. The molecule has 3 nitrogen and oxygen atoms in total. The van der Waals surface area contributed by atoms with Crippen LogP contribution in [-0.4, -0.2) is 16.3 Å². The van der Waals surface area contributed by atoms with Crippen LogP contribution in [0.5, 0.6) is 0 Å². The SMILES string of the molecule is Cn1cc(-c2ccc3c(c2)CCN3)cn1. The highest BCUT2D eigenvalue weighted by molar-refractivity contribution is 5.68. The van der Waals surface area contributed by atoms with Gasteiger partial charge in [-0.3, -0.25) is 4.68 Å². The third-order valence-corrected chi connectivity index (χ3v) is 2.85. The monoisotopic (exact) mass is 199 g/mol. The molecule has 0 atom stereocenters. The van der Waals surface area contributed by atoms with Crippen molar-refractivity contribution in [3.05, 3.63) is 36.2 Å². The molecule has 0 fully saturated rings. The molecular formula is C12H13N3. The third-order valence-electron chi connectivity index (χ3n) is 2.85. The standard InChI is InChI=1S/C12H13N3/c1-15-8-11(7-14-15)9-2-3-12-10(6-9)4-5-13-12/h2-3,6-8,13H,4-5H2,1H3. The van der Waals surface area contributed by atoms with Crippen molar-refractivity contribution in [1.82, 2.24) is 9.78 Å². The van der Waals surface area contributed by atoms with Crippen molar-refractivity contribution in [2.45, 2.75) is 6.42 Å². The molecule has 0 amide bonds. The summed E-state index contributed by atoms with van der Waals surface area (Å²) in [7, 11) is 1.94. The summed E-state index contributed by atoms with van der Waals surface area (Å²) in [5.74, 6) is 0. The second kappa shape index (κ2) is 3.12. The fourth-order valence-corrected chi connectivity index (χ4v) is 2.05. The number of aromatic nitrogens is 2. The van der Waals surface area contributed by atoms with Crippen LogP contribution in [-0.2, 0) is 13.5 Å². The van der Waals surface area contributed by atoms with E-state index in [0.29, 0.717) is 0 Å². The normalized spacial score (nSPS) is 13.7. The molecule has 1 aromatic carbocycles. The zero-order valence-electron chi connectivity index (χ0n) is 8.70. The fraction of sp³-hybridized carbons (Fsp3) is 0.250. The van der Waals surface area contributed by atoms with Gasteiger partial charge >= 0.3 is 0 Å². The molecule has 2 aromatic rings. The van der Waals surface area contributed by atoms with Crippen molar-refractivity contribution < 1.29 is 0 Å². The molecule has 0 radical (unpaired) electrons. The van der Waals surface area contributed by atoms with Crippen molar-refractivity contribution in [2.24, 2.45) is 7.05 Å². The molecule has 1 aliphatic heterocycles. The Morgan fingerprint density at radius 2 is 2.27 bits per heavy atom. The summed E-state index contributed by atoms with van der Waals surface area (Å²) in [6.07, 6.45) is 5.08. The molecule has 0 spiro atoms. The van der Waals surface area contributed by atoms with Crippen molar-refractivity contribution in [2.75, 3.05) is 11.9 Å². The molecule has 3 rings (SSSR count). The summed E-state index contributed by atoms with van der Waals surface area (Å²) >= 11 is 0. The first-order chi connectivity index (χ1) is 7.33. The predicted octanol–water partition coefficient (Wildman–Crippen LogP) is 2.06. The summed E-state index contributed by atoms with van der Waals surface area (Å²) in [6, 6.07) is 6.56. The second-order valence-corrected chi connectivity index (χ2v) is 3.95. The van der Waals surface area contributed by atoms with Crippen molar-refractivity contribution in [1.29, 1.82) is 0 Å². The Labute approximate surface area is 88.7 Å². The second-order valence-electron chi connectivity index (χ2n) is 3.95. The Morgan fingerprint density at radius 1 is 1.33 bits per heavy atom. The van der Waals surface area contributed by atoms with Gasteiger partial charge in [0.2, 0.25) is 0 Å². The van der Waals surface area contributed by atoms with E-state index in [1.807, 2.05) is 24.1 Å². The highest BCUT2D eigenvalue weighted by Gasteiger charge is 2.10. The van der Waals surface area contributed by atoms with E-state index in [9.17, 15) is 0 Å². The zero-order valence-corrected chi connectivity index (χ0v) is 8.70. The lowest BCUT2D eigenvalue weighted by Gasteiger charge is -2.02. The number of benzene rings is 1. The topological polar surface area (TPSA) is 29.9 Å². The minimum atomic E-state index is 1.06. The lowest BCUT2D eigenvalue weighted by molar-refractivity contribution is 0.768. The zero-order chi connectivity index (χ0) is 10.3. The van der Waals surface area contributed by atoms with E-state index in [0.717, 1.165) is 13.0 Å². The van der Waals surface area contributed by atoms with Gasteiger partial charge in [0, 0.05) is 31.0 Å². The van der Waals surface area contributed by atoms with Gasteiger partial charge in [0.15, 0.2) is 0 Å².